The van der Waals surface area contributed by atoms with E-state index >= 15 is 0 Å². The highest BCUT2D eigenvalue weighted by Crippen LogP contribution is 2.32. The molecule has 1 atom stereocenters. The largest absolute Gasteiger partial charge is 0.338 e. The zero-order valence-corrected chi connectivity index (χ0v) is 9.61. The lowest BCUT2D eigenvalue weighted by Gasteiger charge is -2.17. The van der Waals surface area contributed by atoms with Crippen LogP contribution in [0.4, 0.5) is 0 Å². The first-order valence-electron chi connectivity index (χ1n) is 6.50. The van der Waals surface area contributed by atoms with Crippen molar-refractivity contribution >= 4 is 0 Å². The van der Waals surface area contributed by atoms with Crippen LogP contribution in [0.2, 0.25) is 0 Å². The first-order valence-corrected chi connectivity index (χ1v) is 6.50. The van der Waals surface area contributed by atoms with E-state index in [1.54, 1.807) is 0 Å². The molecule has 2 heterocycles. The van der Waals surface area contributed by atoms with Crippen molar-refractivity contribution in [1.82, 2.24) is 15.5 Å². The molecule has 1 N–H and O–H groups in total. The molecule has 88 valence electrons. The number of hydrogen-bond donors (Lipinski definition) is 1. The maximum absolute atomic E-state index is 5.38. The Kier molecular flexibility index (Phi) is 2.91. The topological polar surface area (TPSA) is 51.0 Å². The summed E-state index contributed by atoms with van der Waals surface area (Å²) in [6.07, 6.45) is 8.81. The Morgan fingerprint density at radius 1 is 1.06 bits per heavy atom. The molecule has 1 saturated carbocycles. The normalized spacial score (nSPS) is 27.4. The van der Waals surface area contributed by atoms with Crippen molar-refractivity contribution in [2.75, 3.05) is 6.54 Å². The molecule has 1 aliphatic heterocycles. The summed E-state index contributed by atoms with van der Waals surface area (Å²) in [6, 6.07) is 0.310. The smallest absolute Gasteiger partial charge is 0.243 e. The summed E-state index contributed by atoms with van der Waals surface area (Å²) in [5, 5.41) is 7.55. The number of hydrogen-bond acceptors (Lipinski definition) is 4. The van der Waals surface area contributed by atoms with Gasteiger partial charge in [0, 0.05) is 5.92 Å². The Morgan fingerprint density at radius 3 is 2.69 bits per heavy atom. The highest BCUT2D eigenvalue weighted by atomic mass is 16.5. The molecule has 0 aromatic carbocycles. The summed E-state index contributed by atoms with van der Waals surface area (Å²) in [5.41, 5.74) is 0. The zero-order valence-electron chi connectivity index (χ0n) is 9.61. The fourth-order valence-corrected chi connectivity index (χ4v) is 2.81. The van der Waals surface area contributed by atoms with Gasteiger partial charge in [0.05, 0.1) is 6.04 Å². The highest BCUT2D eigenvalue weighted by Gasteiger charge is 2.25. The molecule has 0 radical (unpaired) electrons. The lowest BCUT2D eigenvalue weighted by Crippen LogP contribution is -2.13. The van der Waals surface area contributed by atoms with Gasteiger partial charge < -0.3 is 9.84 Å². The van der Waals surface area contributed by atoms with Crippen LogP contribution in [0.25, 0.3) is 0 Å². The fourth-order valence-electron chi connectivity index (χ4n) is 2.81. The SMILES string of the molecule is C1CCC(c2noc(C3CCCN3)n2)CC1. The Labute approximate surface area is 95.8 Å². The van der Waals surface area contributed by atoms with E-state index in [0.29, 0.717) is 12.0 Å². The van der Waals surface area contributed by atoms with Crippen LogP contribution in [0.3, 0.4) is 0 Å². The molecular weight excluding hydrogens is 202 g/mol. The summed E-state index contributed by atoms with van der Waals surface area (Å²) < 4.78 is 5.38. The molecule has 1 saturated heterocycles. The van der Waals surface area contributed by atoms with Crippen LogP contribution < -0.4 is 5.32 Å². The Morgan fingerprint density at radius 2 is 1.94 bits per heavy atom. The first-order chi connectivity index (χ1) is 7.93. The second-order valence-electron chi connectivity index (χ2n) is 4.97. The monoisotopic (exact) mass is 221 g/mol. The van der Waals surface area contributed by atoms with Crippen LogP contribution in [0.1, 0.15) is 68.6 Å². The van der Waals surface area contributed by atoms with Crippen LogP contribution in [0.15, 0.2) is 4.52 Å². The quantitative estimate of drug-likeness (QED) is 0.833. The highest BCUT2D eigenvalue weighted by molar-refractivity contribution is 5.00. The number of nitrogens with zero attached hydrogens (tertiary/aromatic N) is 2. The molecule has 1 aromatic rings. The molecule has 2 aliphatic rings. The molecular formula is C12H19N3O. The second-order valence-corrected chi connectivity index (χ2v) is 4.97. The van der Waals surface area contributed by atoms with Crippen LogP contribution >= 0.6 is 0 Å². The summed E-state index contributed by atoms with van der Waals surface area (Å²) in [6.45, 7) is 1.08. The van der Waals surface area contributed by atoms with Gasteiger partial charge in [0.2, 0.25) is 5.89 Å². The lowest BCUT2D eigenvalue weighted by molar-refractivity contribution is 0.333. The predicted molar refractivity (Wildman–Crippen MR) is 60.1 cm³/mol. The van der Waals surface area contributed by atoms with Crippen molar-refractivity contribution in [1.29, 1.82) is 0 Å². The summed E-state index contributed by atoms with van der Waals surface area (Å²) in [7, 11) is 0. The molecule has 4 nitrogen and oxygen atoms in total. The standard InChI is InChI=1S/C12H19N3O/c1-2-5-9(6-3-1)11-14-12(16-15-11)10-7-4-8-13-10/h9-10,13H,1-8H2. The van der Waals surface area contributed by atoms with Gasteiger partial charge in [-0.3, -0.25) is 0 Å². The molecule has 0 spiro atoms. The van der Waals surface area contributed by atoms with Gasteiger partial charge in [-0.2, -0.15) is 4.98 Å². The summed E-state index contributed by atoms with van der Waals surface area (Å²) in [5.74, 6) is 2.30. The van der Waals surface area contributed by atoms with E-state index in [1.807, 2.05) is 0 Å². The minimum absolute atomic E-state index is 0.310. The van der Waals surface area contributed by atoms with Crippen LogP contribution in [0, 0.1) is 0 Å². The van der Waals surface area contributed by atoms with Crippen molar-refractivity contribution in [3.63, 3.8) is 0 Å². The summed E-state index contributed by atoms with van der Waals surface area (Å²) >= 11 is 0. The third-order valence-corrected chi connectivity index (χ3v) is 3.79. The third kappa shape index (κ3) is 1.98. The van der Waals surface area contributed by atoms with Gasteiger partial charge in [-0.05, 0) is 32.2 Å². The van der Waals surface area contributed by atoms with E-state index in [4.69, 9.17) is 4.52 Å². The molecule has 2 fully saturated rings. The second kappa shape index (κ2) is 4.53. The predicted octanol–water partition coefficient (Wildman–Crippen LogP) is 2.54. The average molecular weight is 221 g/mol. The molecule has 4 heteroatoms. The maximum Gasteiger partial charge on any atom is 0.243 e. The van der Waals surface area contributed by atoms with Crippen molar-refractivity contribution < 1.29 is 4.52 Å². The molecule has 0 bridgehead atoms. The number of nitrogens with one attached hydrogen (secondary N) is 1. The molecule has 16 heavy (non-hydrogen) atoms. The van der Waals surface area contributed by atoms with Gasteiger partial charge in [0.25, 0.3) is 0 Å². The van der Waals surface area contributed by atoms with E-state index < -0.39 is 0 Å². The average Bonchev–Trinajstić information content (AvgIpc) is 3.01. The number of aromatic nitrogens is 2. The van der Waals surface area contributed by atoms with Gasteiger partial charge in [0.1, 0.15) is 0 Å². The fraction of sp³-hybridized carbons (Fsp3) is 0.833. The van der Waals surface area contributed by atoms with Crippen molar-refractivity contribution in [3.8, 4) is 0 Å². The zero-order chi connectivity index (χ0) is 10.8. The minimum Gasteiger partial charge on any atom is -0.338 e. The van der Waals surface area contributed by atoms with Crippen molar-refractivity contribution in [3.05, 3.63) is 11.7 Å². The molecule has 3 rings (SSSR count). The van der Waals surface area contributed by atoms with Gasteiger partial charge in [-0.1, -0.05) is 24.4 Å². The Balaban J connectivity index is 1.71. The summed E-state index contributed by atoms with van der Waals surface area (Å²) in [4.78, 5) is 4.58. The lowest BCUT2D eigenvalue weighted by atomic mass is 9.89. The van der Waals surface area contributed by atoms with Crippen molar-refractivity contribution in [2.45, 2.75) is 56.9 Å². The van der Waals surface area contributed by atoms with Gasteiger partial charge in [0.15, 0.2) is 5.82 Å². The molecule has 0 amide bonds. The van der Waals surface area contributed by atoms with Crippen molar-refractivity contribution in [2.24, 2.45) is 0 Å². The Bertz CT molecular complexity index is 338. The maximum atomic E-state index is 5.38. The van der Waals surface area contributed by atoms with E-state index in [2.05, 4.69) is 15.5 Å². The number of rotatable bonds is 2. The van der Waals surface area contributed by atoms with E-state index in [-0.39, 0.29) is 0 Å². The van der Waals surface area contributed by atoms with E-state index in [9.17, 15) is 0 Å². The first kappa shape index (κ1) is 10.3. The van der Waals surface area contributed by atoms with Gasteiger partial charge in [-0.25, -0.2) is 0 Å². The Hall–Kier alpha value is -0.900. The van der Waals surface area contributed by atoms with Gasteiger partial charge in [-0.15, -0.1) is 0 Å². The third-order valence-electron chi connectivity index (χ3n) is 3.79. The van der Waals surface area contributed by atoms with E-state index in [0.717, 1.165) is 24.7 Å². The molecule has 1 aromatic heterocycles. The van der Waals surface area contributed by atoms with Crippen LogP contribution in [-0.2, 0) is 0 Å². The van der Waals surface area contributed by atoms with Crippen LogP contribution in [-0.4, -0.2) is 16.7 Å². The van der Waals surface area contributed by atoms with E-state index in [1.165, 1.54) is 38.5 Å². The van der Waals surface area contributed by atoms with Gasteiger partial charge >= 0.3 is 0 Å². The minimum atomic E-state index is 0.310. The molecule has 1 unspecified atom stereocenters. The van der Waals surface area contributed by atoms with Crippen LogP contribution in [0.5, 0.6) is 0 Å². The molecule has 1 aliphatic carbocycles.